The van der Waals surface area contributed by atoms with Crippen LogP contribution in [0.25, 0.3) is 10.6 Å². The van der Waals surface area contributed by atoms with E-state index in [0.29, 0.717) is 23.0 Å². The summed E-state index contributed by atoms with van der Waals surface area (Å²) in [6.07, 6.45) is 2.48. The summed E-state index contributed by atoms with van der Waals surface area (Å²) in [5, 5.41) is 14.3. The molecule has 0 saturated carbocycles. The first-order chi connectivity index (χ1) is 14.7. The average Bonchev–Trinajstić information content (AvgIpc) is 3.43. The zero-order valence-electron chi connectivity index (χ0n) is 17.1. The Kier molecular flexibility index (Phi) is 5.58. The Morgan fingerprint density at radius 1 is 1.23 bits per heavy atom. The van der Waals surface area contributed by atoms with Crippen molar-refractivity contribution in [2.24, 2.45) is 13.0 Å². The number of hydrogen-bond donors (Lipinski definition) is 2. The Balaban J connectivity index is 1.21. The minimum absolute atomic E-state index is 0.542. The number of hydrogen-bond acceptors (Lipinski definition) is 4. The van der Waals surface area contributed by atoms with Gasteiger partial charge in [-0.2, -0.15) is 5.10 Å². The third-order valence-electron chi connectivity index (χ3n) is 6.48. The highest BCUT2D eigenvalue weighted by molar-refractivity contribution is 7.80. The van der Waals surface area contributed by atoms with Crippen LogP contribution in [0.3, 0.4) is 0 Å². The molecule has 2 N–H and O–H groups in total. The van der Waals surface area contributed by atoms with E-state index >= 15 is 0 Å². The molecule has 2 aromatic heterocycles. The maximum atomic E-state index is 5.50. The topological polar surface area (TPSA) is 45.1 Å². The second-order valence-electron chi connectivity index (χ2n) is 8.30. The lowest BCUT2D eigenvalue weighted by Gasteiger charge is -2.50. The van der Waals surface area contributed by atoms with Crippen molar-refractivity contribution in [1.82, 2.24) is 20.0 Å². The molecule has 156 valence electrons. The quantitative estimate of drug-likeness (QED) is 0.582. The first-order valence-corrected chi connectivity index (χ1v) is 11.9. The van der Waals surface area contributed by atoms with E-state index in [2.05, 4.69) is 50.8 Å². The fourth-order valence-electron chi connectivity index (χ4n) is 4.97. The number of para-hydroxylation sites is 1. The van der Waals surface area contributed by atoms with Gasteiger partial charge in [-0.3, -0.25) is 9.58 Å². The molecule has 5 heterocycles. The molecule has 3 aliphatic rings. The summed E-state index contributed by atoms with van der Waals surface area (Å²) in [5.74, 6) is 1.28. The lowest BCUT2D eigenvalue weighted by atomic mass is 9.74. The maximum Gasteiger partial charge on any atom is 0.170 e. The lowest BCUT2D eigenvalue weighted by molar-refractivity contribution is 0.0303. The standard InChI is InChI=1S/C23H27N5S2/c1-27-21(13-20(26-27)22-8-5-11-30-22)19-15-28-10-9-16(19)12-18(28)14-24-23(29)25-17-6-3-2-4-7-17/h2-8,11,13,16,18-19H,9-10,12,14-15H2,1H3,(H2,24,25,29)/t16-,18+,19+/m0/s1. The molecule has 4 atom stereocenters. The van der Waals surface area contributed by atoms with Gasteiger partial charge in [0.1, 0.15) is 5.69 Å². The Morgan fingerprint density at radius 2 is 2.10 bits per heavy atom. The number of fused-ring (bicyclic) bond motifs is 3. The van der Waals surface area contributed by atoms with Crippen molar-refractivity contribution in [1.29, 1.82) is 0 Å². The fourth-order valence-corrected chi connectivity index (χ4v) is 5.85. The number of benzene rings is 1. The number of rotatable bonds is 5. The number of anilines is 1. The average molecular weight is 438 g/mol. The van der Waals surface area contributed by atoms with Crippen LogP contribution in [0.15, 0.2) is 53.9 Å². The van der Waals surface area contributed by atoms with Crippen LogP contribution in [0, 0.1) is 5.92 Å². The molecule has 3 saturated heterocycles. The number of aromatic nitrogens is 2. The molecule has 1 aromatic carbocycles. The molecule has 3 aromatic rings. The van der Waals surface area contributed by atoms with Gasteiger partial charge < -0.3 is 10.6 Å². The number of piperidine rings is 3. The normalized spacial score (nSPS) is 25.2. The van der Waals surface area contributed by atoms with Crippen LogP contribution in [-0.4, -0.2) is 45.5 Å². The SMILES string of the molecule is Cn1nc(-c2cccs2)cc1[C@@H]1CN2CC[C@H]1C[C@@H]2CNC(=S)Nc1ccccc1. The molecule has 3 fully saturated rings. The molecule has 7 heteroatoms. The first-order valence-electron chi connectivity index (χ1n) is 10.6. The maximum absolute atomic E-state index is 5.50. The van der Waals surface area contributed by atoms with Gasteiger partial charge in [0.15, 0.2) is 5.11 Å². The minimum Gasteiger partial charge on any atom is -0.361 e. The summed E-state index contributed by atoms with van der Waals surface area (Å²) in [7, 11) is 2.09. The second kappa shape index (κ2) is 8.49. The van der Waals surface area contributed by atoms with Gasteiger partial charge in [-0.1, -0.05) is 24.3 Å². The predicted octanol–water partition coefficient (Wildman–Crippen LogP) is 4.31. The van der Waals surface area contributed by atoms with E-state index in [4.69, 9.17) is 17.3 Å². The predicted molar refractivity (Wildman–Crippen MR) is 128 cm³/mol. The summed E-state index contributed by atoms with van der Waals surface area (Å²) in [6.45, 7) is 3.19. The number of nitrogens with zero attached hydrogens (tertiary/aromatic N) is 3. The van der Waals surface area contributed by atoms with E-state index in [1.807, 2.05) is 30.3 Å². The molecular weight excluding hydrogens is 410 g/mol. The van der Waals surface area contributed by atoms with Gasteiger partial charge in [0.05, 0.1) is 4.88 Å². The molecule has 0 amide bonds. The van der Waals surface area contributed by atoms with Gasteiger partial charge >= 0.3 is 0 Å². The summed E-state index contributed by atoms with van der Waals surface area (Å²) in [4.78, 5) is 3.89. The Morgan fingerprint density at radius 3 is 2.83 bits per heavy atom. The molecule has 3 aliphatic heterocycles. The van der Waals surface area contributed by atoms with Crippen molar-refractivity contribution in [2.45, 2.75) is 24.8 Å². The van der Waals surface area contributed by atoms with Crippen LogP contribution in [-0.2, 0) is 7.05 Å². The first kappa shape index (κ1) is 19.7. The number of aryl methyl sites for hydroxylation is 1. The molecule has 6 rings (SSSR count). The third kappa shape index (κ3) is 4.02. The van der Waals surface area contributed by atoms with E-state index in [-0.39, 0.29) is 0 Å². The Labute approximate surface area is 187 Å². The summed E-state index contributed by atoms with van der Waals surface area (Å²) >= 11 is 7.26. The van der Waals surface area contributed by atoms with Gasteiger partial charge in [0.25, 0.3) is 0 Å². The minimum atomic E-state index is 0.542. The van der Waals surface area contributed by atoms with Crippen LogP contribution >= 0.6 is 23.6 Å². The largest absolute Gasteiger partial charge is 0.361 e. The lowest BCUT2D eigenvalue weighted by Crippen LogP contribution is -2.56. The molecular formula is C23H27N5S2. The van der Waals surface area contributed by atoms with Gasteiger partial charge in [-0.05, 0) is 67.2 Å². The van der Waals surface area contributed by atoms with Crippen LogP contribution in [0.1, 0.15) is 24.5 Å². The Hall–Kier alpha value is -2.22. The molecule has 30 heavy (non-hydrogen) atoms. The summed E-state index contributed by atoms with van der Waals surface area (Å²) in [6, 6.07) is 17.2. The Bertz CT molecular complexity index is 998. The van der Waals surface area contributed by atoms with Gasteiger partial charge in [-0.15, -0.1) is 11.3 Å². The van der Waals surface area contributed by atoms with Crippen molar-refractivity contribution in [3.63, 3.8) is 0 Å². The molecule has 0 aliphatic carbocycles. The van der Waals surface area contributed by atoms with Crippen molar-refractivity contribution >= 4 is 34.4 Å². The fraction of sp³-hybridized carbons (Fsp3) is 0.391. The van der Waals surface area contributed by atoms with Crippen molar-refractivity contribution in [3.05, 3.63) is 59.6 Å². The van der Waals surface area contributed by atoms with Crippen LogP contribution < -0.4 is 10.6 Å². The molecule has 0 radical (unpaired) electrons. The third-order valence-corrected chi connectivity index (χ3v) is 7.62. The zero-order chi connectivity index (χ0) is 20.5. The van der Waals surface area contributed by atoms with Gasteiger partial charge in [0.2, 0.25) is 0 Å². The molecule has 0 spiro atoms. The highest BCUT2D eigenvalue weighted by atomic mass is 32.1. The van der Waals surface area contributed by atoms with Crippen LogP contribution in [0.4, 0.5) is 5.69 Å². The molecule has 2 bridgehead atoms. The number of thiophene rings is 1. The van der Waals surface area contributed by atoms with Gasteiger partial charge in [0, 0.05) is 43.5 Å². The van der Waals surface area contributed by atoms with E-state index in [0.717, 1.165) is 24.5 Å². The van der Waals surface area contributed by atoms with Crippen molar-refractivity contribution in [2.75, 3.05) is 25.0 Å². The van der Waals surface area contributed by atoms with Crippen LogP contribution in [0.5, 0.6) is 0 Å². The smallest absolute Gasteiger partial charge is 0.170 e. The van der Waals surface area contributed by atoms with Crippen molar-refractivity contribution < 1.29 is 0 Å². The van der Waals surface area contributed by atoms with E-state index in [9.17, 15) is 0 Å². The molecule has 1 unspecified atom stereocenters. The van der Waals surface area contributed by atoms with Crippen LogP contribution in [0.2, 0.25) is 0 Å². The second-order valence-corrected chi connectivity index (χ2v) is 9.65. The van der Waals surface area contributed by atoms with Gasteiger partial charge in [-0.25, -0.2) is 0 Å². The zero-order valence-corrected chi connectivity index (χ0v) is 18.8. The monoisotopic (exact) mass is 437 g/mol. The summed E-state index contributed by atoms with van der Waals surface area (Å²) in [5.41, 5.74) is 3.51. The highest BCUT2D eigenvalue weighted by Crippen LogP contribution is 2.42. The van der Waals surface area contributed by atoms with E-state index < -0.39 is 0 Å². The number of thiocarbonyl (C=S) groups is 1. The van der Waals surface area contributed by atoms with E-state index in [1.165, 1.54) is 30.0 Å². The summed E-state index contributed by atoms with van der Waals surface area (Å²) < 4.78 is 2.10. The van der Waals surface area contributed by atoms with Crippen molar-refractivity contribution in [3.8, 4) is 10.6 Å². The molecule has 5 nitrogen and oxygen atoms in total. The van der Waals surface area contributed by atoms with E-state index in [1.54, 1.807) is 11.3 Å². The number of nitrogens with one attached hydrogen (secondary N) is 2. The highest BCUT2D eigenvalue weighted by Gasteiger charge is 2.41.